The van der Waals surface area contributed by atoms with Crippen LogP contribution in [-0.2, 0) is 6.42 Å². The number of rotatable bonds is 7. The van der Waals surface area contributed by atoms with Crippen molar-refractivity contribution in [3.8, 4) is 0 Å². The fourth-order valence-electron chi connectivity index (χ4n) is 5.06. The lowest BCUT2D eigenvalue weighted by molar-refractivity contribution is 0.0593. The van der Waals surface area contributed by atoms with Gasteiger partial charge in [0.15, 0.2) is 0 Å². The van der Waals surface area contributed by atoms with Crippen molar-refractivity contribution in [2.45, 2.75) is 64.8 Å². The quantitative estimate of drug-likeness (QED) is 0.619. The molecule has 4 rings (SSSR count). The minimum Gasteiger partial charge on any atom is -0.334 e. The summed E-state index contributed by atoms with van der Waals surface area (Å²) in [5.41, 5.74) is 3.52. The van der Waals surface area contributed by atoms with E-state index in [0.29, 0.717) is 17.7 Å². The first-order chi connectivity index (χ1) is 14.6. The van der Waals surface area contributed by atoms with Crippen LogP contribution in [-0.4, -0.2) is 52.9 Å². The number of aromatic nitrogens is 1. The Bertz CT molecular complexity index is 834. The SMILES string of the molecule is Cc1nc(C(=O)N(CC2CCN(CCc3ccccc3C)CC2)C2CCCC2)cs1. The standard InChI is InChI=1S/C25H35N3OS/c1-19-7-3-4-8-22(19)13-16-27-14-11-21(12-15-27)17-28(23-9-5-6-10-23)25(29)24-18-30-20(2)26-24/h3-4,7-8,18,21,23H,5-6,9-17H2,1-2H3. The Morgan fingerprint density at radius 2 is 1.87 bits per heavy atom. The van der Waals surface area contributed by atoms with Crippen LogP contribution in [0.2, 0.25) is 0 Å². The summed E-state index contributed by atoms with van der Waals surface area (Å²) in [6, 6.07) is 9.15. The summed E-state index contributed by atoms with van der Waals surface area (Å²) in [6.45, 7) is 8.54. The van der Waals surface area contributed by atoms with Gasteiger partial charge in [-0.05, 0) is 76.1 Å². The van der Waals surface area contributed by atoms with Gasteiger partial charge in [0.05, 0.1) is 5.01 Å². The molecule has 30 heavy (non-hydrogen) atoms. The van der Waals surface area contributed by atoms with Crippen LogP contribution >= 0.6 is 11.3 Å². The van der Waals surface area contributed by atoms with Gasteiger partial charge < -0.3 is 9.80 Å². The average molecular weight is 426 g/mol. The molecule has 2 aliphatic rings. The van der Waals surface area contributed by atoms with Crippen LogP contribution in [0.4, 0.5) is 0 Å². The van der Waals surface area contributed by atoms with E-state index in [1.54, 1.807) is 11.3 Å². The van der Waals surface area contributed by atoms with E-state index in [2.05, 4.69) is 46.0 Å². The van der Waals surface area contributed by atoms with E-state index < -0.39 is 0 Å². The molecule has 1 saturated carbocycles. The smallest absolute Gasteiger partial charge is 0.273 e. The second-order valence-corrected chi connectivity index (χ2v) is 10.2. The van der Waals surface area contributed by atoms with E-state index in [9.17, 15) is 4.79 Å². The third-order valence-corrected chi connectivity index (χ3v) is 7.76. The number of likely N-dealkylation sites (tertiary alicyclic amines) is 1. The zero-order valence-electron chi connectivity index (χ0n) is 18.5. The molecule has 162 valence electrons. The Morgan fingerprint density at radius 3 is 2.53 bits per heavy atom. The molecular weight excluding hydrogens is 390 g/mol. The van der Waals surface area contributed by atoms with Crippen molar-refractivity contribution >= 4 is 17.2 Å². The first-order valence-electron chi connectivity index (χ1n) is 11.6. The summed E-state index contributed by atoms with van der Waals surface area (Å²) < 4.78 is 0. The lowest BCUT2D eigenvalue weighted by Gasteiger charge is -2.37. The molecule has 1 aliphatic heterocycles. The lowest BCUT2D eigenvalue weighted by atomic mass is 9.94. The van der Waals surface area contributed by atoms with Crippen molar-refractivity contribution in [2.75, 3.05) is 26.2 Å². The number of hydrogen-bond donors (Lipinski definition) is 0. The summed E-state index contributed by atoms with van der Waals surface area (Å²) in [5, 5.41) is 2.92. The maximum atomic E-state index is 13.2. The van der Waals surface area contributed by atoms with Gasteiger partial charge in [-0.15, -0.1) is 11.3 Å². The van der Waals surface area contributed by atoms with Gasteiger partial charge >= 0.3 is 0 Å². The highest BCUT2D eigenvalue weighted by Crippen LogP contribution is 2.28. The van der Waals surface area contributed by atoms with Crippen LogP contribution in [0, 0.1) is 19.8 Å². The van der Waals surface area contributed by atoms with Crippen molar-refractivity contribution in [1.82, 2.24) is 14.8 Å². The molecule has 0 N–H and O–H groups in total. The van der Waals surface area contributed by atoms with Crippen LogP contribution in [0.25, 0.3) is 0 Å². The summed E-state index contributed by atoms with van der Waals surface area (Å²) in [7, 11) is 0. The lowest BCUT2D eigenvalue weighted by Crippen LogP contribution is -2.45. The Labute approximate surface area is 185 Å². The van der Waals surface area contributed by atoms with Crippen molar-refractivity contribution in [3.05, 3.63) is 51.5 Å². The maximum Gasteiger partial charge on any atom is 0.273 e. The van der Waals surface area contributed by atoms with Gasteiger partial charge in [0, 0.05) is 24.5 Å². The molecule has 4 nitrogen and oxygen atoms in total. The highest BCUT2D eigenvalue weighted by molar-refractivity contribution is 7.09. The van der Waals surface area contributed by atoms with E-state index in [4.69, 9.17) is 0 Å². The topological polar surface area (TPSA) is 36.4 Å². The van der Waals surface area contributed by atoms with Crippen LogP contribution in [0.1, 0.15) is 65.1 Å². The van der Waals surface area contributed by atoms with Crippen molar-refractivity contribution < 1.29 is 4.79 Å². The zero-order valence-corrected chi connectivity index (χ0v) is 19.3. The summed E-state index contributed by atoms with van der Waals surface area (Å²) in [6.07, 6.45) is 8.34. The minimum absolute atomic E-state index is 0.160. The predicted octanol–water partition coefficient (Wildman–Crippen LogP) is 5.10. The number of benzene rings is 1. The molecule has 1 aromatic heterocycles. The van der Waals surface area contributed by atoms with Gasteiger partial charge in [-0.3, -0.25) is 4.79 Å². The van der Waals surface area contributed by atoms with Crippen LogP contribution in [0.15, 0.2) is 29.6 Å². The third kappa shape index (κ3) is 5.30. The number of nitrogens with zero attached hydrogens (tertiary/aromatic N) is 3. The number of carbonyl (C=O) groups excluding carboxylic acids is 1. The Balaban J connectivity index is 1.31. The Hall–Kier alpha value is -1.72. The minimum atomic E-state index is 0.160. The Kier molecular flexibility index (Phi) is 7.21. The van der Waals surface area contributed by atoms with Gasteiger partial charge in [-0.25, -0.2) is 4.98 Å². The van der Waals surface area contributed by atoms with Gasteiger partial charge in [-0.2, -0.15) is 0 Å². The molecule has 0 bridgehead atoms. The molecule has 2 aromatic rings. The molecule has 2 fully saturated rings. The molecule has 0 spiro atoms. The van der Waals surface area contributed by atoms with E-state index in [-0.39, 0.29) is 5.91 Å². The first-order valence-corrected chi connectivity index (χ1v) is 12.5. The van der Waals surface area contributed by atoms with Gasteiger partial charge in [0.1, 0.15) is 5.69 Å². The zero-order chi connectivity index (χ0) is 20.9. The number of thiazole rings is 1. The number of amides is 1. The van der Waals surface area contributed by atoms with Gasteiger partial charge in [0.25, 0.3) is 5.91 Å². The highest BCUT2D eigenvalue weighted by Gasteiger charge is 2.31. The second kappa shape index (κ2) is 10.1. The largest absolute Gasteiger partial charge is 0.334 e. The van der Waals surface area contributed by atoms with Gasteiger partial charge in [-0.1, -0.05) is 37.1 Å². The number of carbonyl (C=O) groups is 1. The first kappa shape index (κ1) is 21.5. The fourth-order valence-corrected chi connectivity index (χ4v) is 5.65. The molecule has 1 aromatic carbocycles. The monoisotopic (exact) mass is 425 g/mol. The average Bonchev–Trinajstić information content (AvgIpc) is 3.44. The van der Waals surface area contributed by atoms with Gasteiger partial charge in [0.2, 0.25) is 0 Å². The summed E-state index contributed by atoms with van der Waals surface area (Å²) in [5.74, 6) is 0.775. The molecule has 1 amide bonds. The molecule has 5 heteroatoms. The van der Waals surface area contributed by atoms with Crippen molar-refractivity contribution in [2.24, 2.45) is 5.92 Å². The second-order valence-electron chi connectivity index (χ2n) is 9.11. The molecule has 2 heterocycles. The highest BCUT2D eigenvalue weighted by atomic mass is 32.1. The summed E-state index contributed by atoms with van der Waals surface area (Å²) >= 11 is 1.58. The number of piperidine rings is 1. The molecule has 0 unspecified atom stereocenters. The van der Waals surface area contributed by atoms with E-state index >= 15 is 0 Å². The number of hydrogen-bond acceptors (Lipinski definition) is 4. The molecule has 1 saturated heterocycles. The number of aryl methyl sites for hydroxylation is 2. The van der Waals surface area contributed by atoms with Crippen molar-refractivity contribution in [1.29, 1.82) is 0 Å². The predicted molar refractivity (Wildman–Crippen MR) is 124 cm³/mol. The third-order valence-electron chi connectivity index (χ3n) is 6.99. The molecular formula is C25H35N3OS. The van der Waals surface area contributed by atoms with E-state index in [1.165, 1.54) is 36.8 Å². The summed E-state index contributed by atoms with van der Waals surface area (Å²) in [4.78, 5) is 22.5. The molecule has 0 atom stereocenters. The van der Waals surface area contributed by atoms with Crippen LogP contribution in [0.5, 0.6) is 0 Å². The van der Waals surface area contributed by atoms with Crippen molar-refractivity contribution in [3.63, 3.8) is 0 Å². The van der Waals surface area contributed by atoms with Crippen LogP contribution in [0.3, 0.4) is 0 Å². The molecule has 1 aliphatic carbocycles. The van der Waals surface area contributed by atoms with E-state index in [1.807, 2.05) is 12.3 Å². The van der Waals surface area contributed by atoms with Crippen LogP contribution < -0.4 is 0 Å². The normalized spacial score (nSPS) is 18.7. The van der Waals surface area contributed by atoms with E-state index in [0.717, 1.165) is 50.4 Å². The fraction of sp³-hybridized carbons (Fsp3) is 0.600. The maximum absolute atomic E-state index is 13.2. The molecule has 0 radical (unpaired) electrons. The Morgan fingerprint density at radius 1 is 1.13 bits per heavy atom.